The normalized spacial score (nSPS) is 12.2. The standard InChI is InChI=1S/C17H28N2O4S/c1-13(2)19(5)24(21,22)16-9-6-8-15(12-16)17(20)18-10-7-11-23-14(3)4/h6,8-9,12-14H,7,10-11H2,1-5H3,(H,18,20). The molecule has 0 spiro atoms. The van der Waals surface area contributed by atoms with E-state index >= 15 is 0 Å². The first kappa shape index (κ1) is 20.6. The first-order valence-electron chi connectivity index (χ1n) is 8.14. The fourth-order valence-electron chi connectivity index (χ4n) is 1.94. The summed E-state index contributed by atoms with van der Waals surface area (Å²) in [6.07, 6.45) is 0.874. The Labute approximate surface area is 145 Å². The zero-order valence-corrected chi connectivity index (χ0v) is 15.9. The molecule has 0 aliphatic rings. The van der Waals surface area contributed by atoms with E-state index in [9.17, 15) is 13.2 Å². The van der Waals surface area contributed by atoms with Crippen LogP contribution in [0.25, 0.3) is 0 Å². The first-order valence-corrected chi connectivity index (χ1v) is 9.58. The SMILES string of the molecule is CC(C)OCCCNC(=O)c1cccc(S(=O)(=O)N(C)C(C)C)c1. The Bertz CT molecular complexity index is 642. The molecule has 0 saturated heterocycles. The van der Waals surface area contributed by atoms with Crippen LogP contribution in [0.2, 0.25) is 0 Å². The molecule has 0 radical (unpaired) electrons. The Kier molecular flexibility index (Phi) is 7.86. The highest BCUT2D eigenvalue weighted by Gasteiger charge is 2.23. The van der Waals surface area contributed by atoms with Crippen molar-refractivity contribution in [3.63, 3.8) is 0 Å². The van der Waals surface area contributed by atoms with Gasteiger partial charge in [0.15, 0.2) is 0 Å². The topological polar surface area (TPSA) is 75.7 Å². The molecule has 0 aliphatic heterocycles. The van der Waals surface area contributed by atoms with Crippen molar-refractivity contribution in [2.75, 3.05) is 20.2 Å². The molecule has 1 N–H and O–H groups in total. The van der Waals surface area contributed by atoms with Crippen molar-refractivity contribution >= 4 is 15.9 Å². The van der Waals surface area contributed by atoms with Crippen molar-refractivity contribution in [1.82, 2.24) is 9.62 Å². The van der Waals surface area contributed by atoms with E-state index in [-0.39, 0.29) is 22.9 Å². The summed E-state index contributed by atoms with van der Waals surface area (Å²) in [6, 6.07) is 5.94. The van der Waals surface area contributed by atoms with Crippen LogP contribution < -0.4 is 5.32 Å². The minimum absolute atomic E-state index is 0.120. The summed E-state index contributed by atoms with van der Waals surface area (Å²) in [5.41, 5.74) is 0.331. The maximum atomic E-state index is 12.5. The summed E-state index contributed by atoms with van der Waals surface area (Å²) in [5, 5.41) is 2.78. The predicted octanol–water partition coefficient (Wildman–Crippen LogP) is 2.26. The number of amides is 1. The molecule has 1 aromatic carbocycles. The summed E-state index contributed by atoms with van der Waals surface area (Å²) in [6.45, 7) is 8.57. The van der Waals surface area contributed by atoms with E-state index in [4.69, 9.17) is 4.74 Å². The number of nitrogens with zero attached hydrogens (tertiary/aromatic N) is 1. The fraction of sp³-hybridized carbons (Fsp3) is 0.588. The van der Waals surface area contributed by atoms with Crippen molar-refractivity contribution in [2.45, 2.75) is 51.2 Å². The molecular weight excluding hydrogens is 328 g/mol. The Balaban J connectivity index is 2.73. The number of sulfonamides is 1. The van der Waals surface area contributed by atoms with Gasteiger partial charge < -0.3 is 10.1 Å². The third-order valence-corrected chi connectivity index (χ3v) is 5.59. The number of carbonyl (C=O) groups is 1. The second-order valence-electron chi connectivity index (χ2n) is 6.17. The summed E-state index contributed by atoms with van der Waals surface area (Å²) in [5.74, 6) is -0.288. The highest BCUT2D eigenvalue weighted by molar-refractivity contribution is 7.89. The lowest BCUT2D eigenvalue weighted by Gasteiger charge is -2.21. The molecule has 0 aliphatic carbocycles. The molecule has 0 bridgehead atoms. The van der Waals surface area contributed by atoms with E-state index in [0.717, 1.165) is 0 Å². The summed E-state index contributed by atoms with van der Waals surface area (Å²) in [4.78, 5) is 12.3. The van der Waals surface area contributed by atoms with Gasteiger partial charge in [-0.25, -0.2) is 8.42 Å². The molecule has 0 unspecified atom stereocenters. The third-order valence-electron chi connectivity index (χ3n) is 3.56. The lowest BCUT2D eigenvalue weighted by molar-refractivity contribution is 0.0757. The molecule has 6 nitrogen and oxygen atoms in total. The van der Waals surface area contributed by atoms with Gasteiger partial charge in [-0.2, -0.15) is 4.31 Å². The van der Waals surface area contributed by atoms with Crippen LogP contribution in [0, 0.1) is 0 Å². The van der Waals surface area contributed by atoms with Crippen LogP contribution >= 0.6 is 0 Å². The van der Waals surface area contributed by atoms with E-state index in [2.05, 4.69) is 5.32 Å². The molecule has 0 aromatic heterocycles. The van der Waals surface area contributed by atoms with Gasteiger partial charge in [-0.15, -0.1) is 0 Å². The maximum Gasteiger partial charge on any atom is 0.251 e. The number of benzene rings is 1. The van der Waals surface area contributed by atoms with Crippen LogP contribution in [-0.2, 0) is 14.8 Å². The molecule has 1 aromatic rings. The molecule has 1 amide bonds. The highest BCUT2D eigenvalue weighted by atomic mass is 32.2. The van der Waals surface area contributed by atoms with Crippen LogP contribution in [-0.4, -0.2) is 51.0 Å². The van der Waals surface area contributed by atoms with Gasteiger partial charge in [0.25, 0.3) is 5.91 Å². The molecule has 7 heteroatoms. The number of carbonyl (C=O) groups excluding carboxylic acids is 1. The second-order valence-corrected chi connectivity index (χ2v) is 8.17. The third kappa shape index (κ3) is 5.89. The average Bonchev–Trinajstić information content (AvgIpc) is 2.53. The van der Waals surface area contributed by atoms with E-state index in [1.54, 1.807) is 26.0 Å². The molecule has 1 rings (SSSR count). The van der Waals surface area contributed by atoms with Gasteiger partial charge in [0.05, 0.1) is 11.0 Å². The monoisotopic (exact) mass is 356 g/mol. The largest absolute Gasteiger partial charge is 0.379 e. The van der Waals surface area contributed by atoms with Crippen LogP contribution in [0.4, 0.5) is 0 Å². The van der Waals surface area contributed by atoms with Crippen molar-refractivity contribution in [2.24, 2.45) is 0 Å². The summed E-state index contributed by atoms with van der Waals surface area (Å²) in [7, 11) is -2.07. The van der Waals surface area contributed by atoms with Crippen LogP contribution in [0.5, 0.6) is 0 Å². The Morgan fingerprint density at radius 3 is 2.50 bits per heavy atom. The summed E-state index contributed by atoms with van der Waals surface area (Å²) >= 11 is 0. The smallest absolute Gasteiger partial charge is 0.251 e. The van der Waals surface area contributed by atoms with Gasteiger partial charge in [0, 0.05) is 31.8 Å². The number of ether oxygens (including phenoxy) is 1. The zero-order chi connectivity index (χ0) is 18.3. The van der Waals surface area contributed by atoms with Gasteiger partial charge in [-0.05, 0) is 52.3 Å². The number of hydrogen-bond acceptors (Lipinski definition) is 4. The minimum Gasteiger partial charge on any atom is -0.379 e. The zero-order valence-electron chi connectivity index (χ0n) is 15.1. The lowest BCUT2D eigenvalue weighted by atomic mass is 10.2. The Morgan fingerprint density at radius 1 is 1.25 bits per heavy atom. The van der Waals surface area contributed by atoms with E-state index in [1.807, 2.05) is 13.8 Å². The fourth-order valence-corrected chi connectivity index (χ4v) is 3.35. The van der Waals surface area contributed by atoms with E-state index in [1.165, 1.54) is 23.5 Å². The minimum atomic E-state index is -3.60. The van der Waals surface area contributed by atoms with Crippen LogP contribution in [0.3, 0.4) is 0 Å². The summed E-state index contributed by atoms with van der Waals surface area (Å²) < 4.78 is 31.7. The van der Waals surface area contributed by atoms with Gasteiger partial charge >= 0.3 is 0 Å². The molecule has 0 saturated carbocycles. The first-order chi connectivity index (χ1) is 11.2. The van der Waals surface area contributed by atoms with Crippen molar-refractivity contribution < 1.29 is 17.9 Å². The molecule has 0 heterocycles. The van der Waals surface area contributed by atoms with E-state index < -0.39 is 10.0 Å². The van der Waals surface area contributed by atoms with Gasteiger partial charge in [0.1, 0.15) is 0 Å². The van der Waals surface area contributed by atoms with Crippen LogP contribution in [0.15, 0.2) is 29.2 Å². The van der Waals surface area contributed by atoms with Crippen molar-refractivity contribution in [1.29, 1.82) is 0 Å². The van der Waals surface area contributed by atoms with Gasteiger partial charge in [-0.1, -0.05) is 6.07 Å². The van der Waals surface area contributed by atoms with Crippen molar-refractivity contribution in [3.8, 4) is 0 Å². The van der Waals surface area contributed by atoms with Crippen molar-refractivity contribution in [3.05, 3.63) is 29.8 Å². The molecular formula is C17H28N2O4S. The van der Waals surface area contributed by atoms with Crippen LogP contribution in [0.1, 0.15) is 44.5 Å². The predicted molar refractivity (Wildman–Crippen MR) is 94.6 cm³/mol. The number of rotatable bonds is 9. The Morgan fingerprint density at radius 2 is 1.92 bits per heavy atom. The molecule has 0 atom stereocenters. The molecule has 0 fully saturated rings. The Hall–Kier alpha value is -1.44. The van der Waals surface area contributed by atoms with Gasteiger partial charge in [-0.3, -0.25) is 4.79 Å². The number of nitrogens with one attached hydrogen (secondary N) is 1. The maximum absolute atomic E-state index is 12.5. The average molecular weight is 356 g/mol. The second kappa shape index (κ2) is 9.15. The highest BCUT2D eigenvalue weighted by Crippen LogP contribution is 2.17. The number of hydrogen-bond donors (Lipinski definition) is 1. The quantitative estimate of drug-likeness (QED) is 0.689. The van der Waals surface area contributed by atoms with E-state index in [0.29, 0.717) is 25.1 Å². The van der Waals surface area contributed by atoms with Gasteiger partial charge in [0.2, 0.25) is 10.0 Å². The molecule has 136 valence electrons. The molecule has 24 heavy (non-hydrogen) atoms. The lowest BCUT2D eigenvalue weighted by Crippen LogP contribution is -2.33.